The lowest BCUT2D eigenvalue weighted by atomic mass is 9.87. The zero-order valence-electron chi connectivity index (χ0n) is 20.2. The monoisotopic (exact) mass is 448 g/mol. The van der Waals surface area contributed by atoms with Gasteiger partial charge in [-0.15, -0.1) is 0 Å². The third-order valence-corrected chi connectivity index (χ3v) is 8.04. The summed E-state index contributed by atoms with van der Waals surface area (Å²) in [6.07, 6.45) is 12.7. The van der Waals surface area contributed by atoms with Crippen molar-refractivity contribution in [3.05, 3.63) is 59.2 Å². The Balaban J connectivity index is 1.25. The van der Waals surface area contributed by atoms with Gasteiger partial charge in [-0.25, -0.2) is 0 Å². The molecule has 33 heavy (non-hydrogen) atoms. The van der Waals surface area contributed by atoms with Crippen LogP contribution in [0, 0.1) is 0 Å². The van der Waals surface area contributed by atoms with Crippen LogP contribution in [0.2, 0.25) is 0 Å². The Kier molecular flexibility index (Phi) is 7.53. The summed E-state index contributed by atoms with van der Waals surface area (Å²) in [5.74, 6) is 1.97. The van der Waals surface area contributed by atoms with Gasteiger partial charge in [-0.1, -0.05) is 37.5 Å². The van der Waals surface area contributed by atoms with Crippen LogP contribution in [-0.2, 0) is 12.8 Å². The number of hydrogen-bond acceptors (Lipinski definition) is 4. The number of rotatable bonds is 8. The first-order chi connectivity index (χ1) is 16.3. The third-order valence-electron chi connectivity index (χ3n) is 8.04. The predicted octanol–water partition coefficient (Wildman–Crippen LogP) is 5.69. The van der Waals surface area contributed by atoms with Crippen LogP contribution in [0.15, 0.2) is 42.5 Å². The lowest BCUT2D eigenvalue weighted by molar-refractivity contribution is 0.124. The number of piperidine rings is 1. The molecule has 0 aromatic heterocycles. The van der Waals surface area contributed by atoms with Crippen LogP contribution in [0.1, 0.15) is 74.1 Å². The highest BCUT2D eigenvalue weighted by atomic mass is 16.5. The van der Waals surface area contributed by atoms with Crippen LogP contribution in [0.25, 0.3) is 0 Å². The molecule has 2 aromatic rings. The normalized spacial score (nSPS) is 23.9. The number of benzene rings is 2. The lowest BCUT2D eigenvalue weighted by Crippen LogP contribution is -2.42. The molecule has 0 spiro atoms. The highest BCUT2D eigenvalue weighted by Crippen LogP contribution is 2.39. The third kappa shape index (κ3) is 5.55. The van der Waals surface area contributed by atoms with Crippen molar-refractivity contribution < 1.29 is 9.47 Å². The van der Waals surface area contributed by atoms with Crippen molar-refractivity contribution >= 4 is 0 Å². The molecule has 5 rings (SSSR count). The predicted molar refractivity (Wildman–Crippen MR) is 134 cm³/mol. The minimum atomic E-state index is 0.451. The van der Waals surface area contributed by atoms with E-state index < -0.39 is 0 Å². The fourth-order valence-electron chi connectivity index (χ4n) is 6.17. The van der Waals surface area contributed by atoms with Crippen LogP contribution in [0.4, 0.5) is 0 Å². The minimum Gasteiger partial charge on any atom is -0.497 e. The van der Waals surface area contributed by atoms with Crippen molar-refractivity contribution in [2.45, 2.75) is 82.3 Å². The van der Waals surface area contributed by atoms with Crippen LogP contribution < -0.4 is 14.8 Å². The first-order valence-corrected chi connectivity index (χ1v) is 13.2. The summed E-state index contributed by atoms with van der Waals surface area (Å²) in [5.41, 5.74) is 4.35. The average molecular weight is 449 g/mol. The molecular weight excluding hydrogens is 408 g/mol. The quantitative estimate of drug-likeness (QED) is 0.562. The minimum absolute atomic E-state index is 0.451. The zero-order chi connectivity index (χ0) is 22.5. The van der Waals surface area contributed by atoms with Gasteiger partial charge >= 0.3 is 0 Å². The fourth-order valence-corrected chi connectivity index (χ4v) is 6.17. The fraction of sp³-hybridized carbons (Fsp3) is 0.586. The Morgan fingerprint density at radius 3 is 2.48 bits per heavy atom. The van der Waals surface area contributed by atoms with Crippen LogP contribution >= 0.6 is 0 Å². The van der Waals surface area contributed by atoms with Gasteiger partial charge in [0.15, 0.2) is 0 Å². The van der Waals surface area contributed by atoms with E-state index in [1.807, 2.05) is 0 Å². The maximum atomic E-state index is 6.07. The topological polar surface area (TPSA) is 33.7 Å². The van der Waals surface area contributed by atoms with Gasteiger partial charge in [0.2, 0.25) is 0 Å². The Hall–Kier alpha value is -2.04. The molecule has 3 aliphatic rings. The maximum absolute atomic E-state index is 6.07. The van der Waals surface area contributed by atoms with Crippen molar-refractivity contribution in [1.29, 1.82) is 0 Å². The molecule has 1 N–H and O–H groups in total. The molecule has 0 amide bonds. The van der Waals surface area contributed by atoms with Crippen molar-refractivity contribution in [2.75, 3.05) is 26.8 Å². The van der Waals surface area contributed by atoms with E-state index in [4.69, 9.17) is 9.47 Å². The van der Waals surface area contributed by atoms with Gasteiger partial charge in [0, 0.05) is 24.7 Å². The van der Waals surface area contributed by atoms with Crippen LogP contribution in [0.5, 0.6) is 11.5 Å². The van der Waals surface area contributed by atoms with Gasteiger partial charge in [-0.05, 0) is 92.4 Å². The zero-order valence-corrected chi connectivity index (χ0v) is 20.2. The van der Waals surface area contributed by atoms with Crippen LogP contribution in [-0.4, -0.2) is 43.8 Å². The van der Waals surface area contributed by atoms with E-state index in [9.17, 15) is 0 Å². The molecule has 1 saturated heterocycles. The molecule has 178 valence electrons. The smallest absolute Gasteiger partial charge is 0.119 e. The molecule has 2 fully saturated rings. The molecule has 1 aliphatic carbocycles. The van der Waals surface area contributed by atoms with Gasteiger partial charge in [0.25, 0.3) is 0 Å². The van der Waals surface area contributed by atoms with Gasteiger partial charge in [0.05, 0.1) is 13.7 Å². The number of methoxy groups -OCH3 is 1. The molecule has 2 heterocycles. The summed E-state index contributed by atoms with van der Waals surface area (Å²) >= 11 is 0. The van der Waals surface area contributed by atoms with E-state index in [0.717, 1.165) is 56.5 Å². The van der Waals surface area contributed by atoms with E-state index in [1.165, 1.54) is 61.6 Å². The Bertz CT molecular complexity index is 885. The second-order valence-corrected chi connectivity index (χ2v) is 10.1. The summed E-state index contributed by atoms with van der Waals surface area (Å²) < 4.78 is 11.6. The second-order valence-electron chi connectivity index (χ2n) is 10.1. The van der Waals surface area contributed by atoms with E-state index in [1.54, 1.807) is 7.11 Å². The molecule has 2 aliphatic heterocycles. The molecule has 4 heteroatoms. The Morgan fingerprint density at radius 2 is 1.73 bits per heavy atom. The lowest BCUT2D eigenvalue weighted by Gasteiger charge is -2.41. The number of nitrogens with one attached hydrogen (secondary N) is 1. The van der Waals surface area contributed by atoms with Gasteiger partial charge in [-0.3, -0.25) is 4.90 Å². The second kappa shape index (κ2) is 10.9. The summed E-state index contributed by atoms with van der Waals surface area (Å²) in [4.78, 5) is 2.81. The number of ether oxygens (including phenoxy) is 2. The van der Waals surface area contributed by atoms with Gasteiger partial charge < -0.3 is 14.8 Å². The summed E-state index contributed by atoms with van der Waals surface area (Å²) in [5, 5.41) is 3.61. The summed E-state index contributed by atoms with van der Waals surface area (Å²) in [7, 11) is 1.77. The molecule has 1 saturated carbocycles. The summed E-state index contributed by atoms with van der Waals surface area (Å²) in [6.45, 7) is 3.12. The Labute approximate surface area is 199 Å². The van der Waals surface area contributed by atoms with Gasteiger partial charge in [0.1, 0.15) is 11.5 Å². The molecule has 2 atom stereocenters. The van der Waals surface area contributed by atoms with E-state index in [0.29, 0.717) is 12.1 Å². The van der Waals surface area contributed by atoms with Crippen molar-refractivity contribution in [3.8, 4) is 11.5 Å². The number of hydrogen-bond donors (Lipinski definition) is 1. The molecule has 4 nitrogen and oxygen atoms in total. The number of fused-ring (bicyclic) bond motifs is 1. The van der Waals surface area contributed by atoms with Crippen molar-refractivity contribution in [2.24, 2.45) is 0 Å². The molecule has 2 unspecified atom stereocenters. The first-order valence-electron chi connectivity index (χ1n) is 13.2. The van der Waals surface area contributed by atoms with E-state index in [2.05, 4.69) is 52.7 Å². The molecular formula is C29H40N2O2. The summed E-state index contributed by atoms with van der Waals surface area (Å²) in [6, 6.07) is 17.4. The van der Waals surface area contributed by atoms with E-state index >= 15 is 0 Å². The standard InChI is InChI=1S/C29H40N2O2/c1-32-27-13-14-28-23(21-27)15-18-31(25-7-2-3-8-25)29(28)20-22-9-11-26(12-10-22)33-19-16-24-6-4-5-17-30-24/h9-14,21,24-25,29-30H,2-8,15-20H2,1H3. The SMILES string of the molecule is COc1ccc2c(c1)CCN(C1CCCC1)C2Cc1ccc(OCCC2CCCCN2)cc1. The average Bonchev–Trinajstić information content (AvgIpc) is 3.40. The molecule has 0 radical (unpaired) electrons. The number of nitrogens with zero attached hydrogens (tertiary/aromatic N) is 1. The Morgan fingerprint density at radius 1 is 0.939 bits per heavy atom. The maximum Gasteiger partial charge on any atom is 0.119 e. The largest absolute Gasteiger partial charge is 0.497 e. The van der Waals surface area contributed by atoms with Crippen LogP contribution in [0.3, 0.4) is 0 Å². The van der Waals surface area contributed by atoms with E-state index in [-0.39, 0.29) is 0 Å². The van der Waals surface area contributed by atoms with Crippen molar-refractivity contribution in [3.63, 3.8) is 0 Å². The molecule has 2 aromatic carbocycles. The van der Waals surface area contributed by atoms with Gasteiger partial charge in [-0.2, -0.15) is 0 Å². The van der Waals surface area contributed by atoms with Crippen molar-refractivity contribution in [1.82, 2.24) is 10.2 Å². The highest BCUT2D eigenvalue weighted by Gasteiger charge is 2.33. The highest BCUT2D eigenvalue weighted by molar-refractivity contribution is 5.40. The molecule has 0 bridgehead atoms. The first kappa shape index (κ1) is 22.7.